The summed E-state index contributed by atoms with van der Waals surface area (Å²) >= 11 is 3.41. The van der Waals surface area contributed by atoms with Crippen LogP contribution >= 0.6 is 15.9 Å². The predicted octanol–water partition coefficient (Wildman–Crippen LogP) is 2.73. The molecule has 1 unspecified atom stereocenters. The van der Waals surface area contributed by atoms with Gasteiger partial charge in [-0.15, -0.1) is 0 Å². The molecule has 1 N–H and O–H groups in total. The van der Waals surface area contributed by atoms with E-state index in [-0.39, 0.29) is 5.91 Å². The number of benzene rings is 1. The lowest BCUT2D eigenvalue weighted by Gasteiger charge is -2.11. The quantitative estimate of drug-likeness (QED) is 0.918. The van der Waals surface area contributed by atoms with Gasteiger partial charge in [0.05, 0.1) is 0 Å². The number of carbonyl (C=O) groups excluding carboxylic acids is 1. The van der Waals surface area contributed by atoms with Gasteiger partial charge in [-0.05, 0) is 31.5 Å². The monoisotopic (exact) mass is 271 g/mol. The van der Waals surface area contributed by atoms with Crippen LogP contribution in [0.1, 0.15) is 12.5 Å². The first-order valence-electron chi connectivity index (χ1n) is 4.64. The number of ether oxygens (including phenoxy) is 1. The summed E-state index contributed by atoms with van der Waals surface area (Å²) in [6.45, 7) is 3.70. The lowest BCUT2D eigenvalue weighted by atomic mass is 10.2. The number of methoxy groups -OCH3 is 1. The molecule has 0 aliphatic carbocycles. The topological polar surface area (TPSA) is 38.3 Å². The highest BCUT2D eigenvalue weighted by molar-refractivity contribution is 9.10. The van der Waals surface area contributed by atoms with Crippen molar-refractivity contribution in [2.75, 3.05) is 12.4 Å². The molecule has 0 fully saturated rings. The van der Waals surface area contributed by atoms with E-state index in [1.807, 2.05) is 25.1 Å². The van der Waals surface area contributed by atoms with Crippen LogP contribution in [-0.2, 0) is 9.53 Å². The van der Waals surface area contributed by atoms with Crippen molar-refractivity contribution in [2.24, 2.45) is 0 Å². The van der Waals surface area contributed by atoms with Crippen molar-refractivity contribution in [3.63, 3.8) is 0 Å². The smallest absolute Gasteiger partial charge is 0.253 e. The molecule has 1 amide bonds. The molecule has 1 rings (SSSR count). The number of amides is 1. The summed E-state index contributed by atoms with van der Waals surface area (Å²) in [5, 5.41) is 2.77. The van der Waals surface area contributed by atoms with Gasteiger partial charge in [0.25, 0.3) is 5.91 Å². The molecule has 0 saturated heterocycles. The Bertz CT molecular complexity index is 366. The first-order valence-corrected chi connectivity index (χ1v) is 5.43. The molecule has 82 valence electrons. The standard InChI is InChI=1S/C11H14BrNO2/c1-7-4-5-9(6-10(7)12)13-11(14)8(2)15-3/h4-6,8H,1-3H3,(H,13,14). The zero-order valence-electron chi connectivity index (χ0n) is 9.00. The average molecular weight is 272 g/mol. The summed E-state index contributed by atoms with van der Waals surface area (Å²) in [5.74, 6) is -0.145. The molecule has 1 aromatic rings. The van der Waals surface area contributed by atoms with Gasteiger partial charge in [0.15, 0.2) is 0 Å². The minimum absolute atomic E-state index is 0.145. The second kappa shape index (κ2) is 5.28. The van der Waals surface area contributed by atoms with E-state index in [4.69, 9.17) is 4.74 Å². The Balaban J connectivity index is 2.73. The second-order valence-corrected chi connectivity index (χ2v) is 4.19. The summed E-state index contributed by atoms with van der Waals surface area (Å²) < 4.78 is 5.89. The number of aryl methyl sites for hydroxylation is 1. The first-order chi connectivity index (χ1) is 7.04. The van der Waals surface area contributed by atoms with Gasteiger partial charge in [-0.3, -0.25) is 4.79 Å². The molecule has 3 nitrogen and oxygen atoms in total. The molecule has 0 radical (unpaired) electrons. The van der Waals surface area contributed by atoms with Crippen LogP contribution in [-0.4, -0.2) is 19.1 Å². The van der Waals surface area contributed by atoms with Crippen LogP contribution in [0.2, 0.25) is 0 Å². The minimum atomic E-state index is -0.440. The maximum Gasteiger partial charge on any atom is 0.253 e. The van der Waals surface area contributed by atoms with E-state index in [0.717, 1.165) is 15.7 Å². The van der Waals surface area contributed by atoms with Crippen molar-refractivity contribution in [1.29, 1.82) is 0 Å². The summed E-state index contributed by atoms with van der Waals surface area (Å²) in [4.78, 5) is 11.5. The third-order valence-electron chi connectivity index (χ3n) is 2.16. The number of halogens is 1. The van der Waals surface area contributed by atoms with Gasteiger partial charge < -0.3 is 10.1 Å². The number of rotatable bonds is 3. The largest absolute Gasteiger partial charge is 0.372 e. The predicted molar refractivity (Wildman–Crippen MR) is 64.0 cm³/mol. The molecule has 0 spiro atoms. The zero-order valence-corrected chi connectivity index (χ0v) is 10.6. The Morgan fingerprint density at radius 1 is 1.53 bits per heavy atom. The number of hydrogen-bond acceptors (Lipinski definition) is 2. The van der Waals surface area contributed by atoms with E-state index in [9.17, 15) is 4.79 Å². The lowest BCUT2D eigenvalue weighted by molar-refractivity contribution is -0.124. The first kappa shape index (κ1) is 12.2. The van der Waals surface area contributed by atoms with Gasteiger partial charge in [-0.1, -0.05) is 22.0 Å². The molecule has 0 saturated carbocycles. The molecule has 15 heavy (non-hydrogen) atoms. The number of hydrogen-bond donors (Lipinski definition) is 1. The highest BCUT2D eigenvalue weighted by Crippen LogP contribution is 2.20. The summed E-state index contributed by atoms with van der Waals surface area (Å²) in [7, 11) is 1.51. The fourth-order valence-corrected chi connectivity index (χ4v) is 1.40. The Hall–Kier alpha value is -0.870. The second-order valence-electron chi connectivity index (χ2n) is 3.33. The van der Waals surface area contributed by atoms with Crippen LogP contribution in [0.25, 0.3) is 0 Å². The van der Waals surface area contributed by atoms with Gasteiger partial charge in [-0.2, -0.15) is 0 Å². The van der Waals surface area contributed by atoms with Crippen LogP contribution in [0.15, 0.2) is 22.7 Å². The Labute approximate surface area is 97.9 Å². The van der Waals surface area contributed by atoms with Gasteiger partial charge >= 0.3 is 0 Å². The fraction of sp³-hybridized carbons (Fsp3) is 0.364. The van der Waals surface area contributed by atoms with Crippen molar-refractivity contribution in [3.8, 4) is 0 Å². The van der Waals surface area contributed by atoms with E-state index in [0.29, 0.717) is 0 Å². The fourth-order valence-electron chi connectivity index (χ4n) is 1.02. The molecule has 0 bridgehead atoms. The van der Waals surface area contributed by atoms with Crippen molar-refractivity contribution < 1.29 is 9.53 Å². The van der Waals surface area contributed by atoms with E-state index >= 15 is 0 Å². The molecule has 0 heterocycles. The summed E-state index contributed by atoms with van der Waals surface area (Å²) in [5.41, 5.74) is 1.90. The van der Waals surface area contributed by atoms with Crippen LogP contribution < -0.4 is 5.32 Å². The molecular weight excluding hydrogens is 258 g/mol. The van der Waals surface area contributed by atoms with Crippen LogP contribution in [0.5, 0.6) is 0 Å². The van der Waals surface area contributed by atoms with Crippen LogP contribution in [0.3, 0.4) is 0 Å². The maximum atomic E-state index is 11.5. The number of nitrogens with one attached hydrogen (secondary N) is 1. The highest BCUT2D eigenvalue weighted by Gasteiger charge is 2.11. The molecule has 0 aliphatic rings. The van der Waals surface area contributed by atoms with E-state index in [1.54, 1.807) is 6.92 Å². The third-order valence-corrected chi connectivity index (χ3v) is 3.02. The van der Waals surface area contributed by atoms with Crippen LogP contribution in [0.4, 0.5) is 5.69 Å². The Morgan fingerprint density at radius 3 is 2.73 bits per heavy atom. The lowest BCUT2D eigenvalue weighted by Crippen LogP contribution is -2.26. The molecule has 0 aromatic heterocycles. The van der Waals surface area contributed by atoms with E-state index in [1.165, 1.54) is 7.11 Å². The molecule has 4 heteroatoms. The SMILES string of the molecule is COC(C)C(=O)Nc1ccc(C)c(Br)c1. The molecule has 1 atom stereocenters. The summed E-state index contributed by atoms with van der Waals surface area (Å²) in [6, 6.07) is 5.67. The van der Waals surface area contributed by atoms with Gasteiger partial charge in [0, 0.05) is 17.3 Å². The Morgan fingerprint density at radius 2 is 2.20 bits per heavy atom. The van der Waals surface area contributed by atoms with E-state index < -0.39 is 6.10 Å². The minimum Gasteiger partial charge on any atom is -0.372 e. The van der Waals surface area contributed by atoms with Gasteiger partial charge in [0.2, 0.25) is 0 Å². The third kappa shape index (κ3) is 3.32. The van der Waals surface area contributed by atoms with Crippen molar-refractivity contribution >= 4 is 27.5 Å². The Kier molecular flexibility index (Phi) is 4.29. The highest BCUT2D eigenvalue weighted by atomic mass is 79.9. The maximum absolute atomic E-state index is 11.5. The van der Waals surface area contributed by atoms with Crippen molar-refractivity contribution in [1.82, 2.24) is 0 Å². The molecule has 0 aliphatic heterocycles. The molecule has 1 aromatic carbocycles. The van der Waals surface area contributed by atoms with Gasteiger partial charge in [-0.25, -0.2) is 0 Å². The van der Waals surface area contributed by atoms with Crippen molar-refractivity contribution in [3.05, 3.63) is 28.2 Å². The number of anilines is 1. The molecular formula is C11H14BrNO2. The van der Waals surface area contributed by atoms with Crippen LogP contribution in [0, 0.1) is 6.92 Å². The van der Waals surface area contributed by atoms with Crippen molar-refractivity contribution in [2.45, 2.75) is 20.0 Å². The normalized spacial score (nSPS) is 12.3. The zero-order chi connectivity index (χ0) is 11.4. The van der Waals surface area contributed by atoms with Gasteiger partial charge in [0.1, 0.15) is 6.10 Å². The number of carbonyl (C=O) groups is 1. The average Bonchev–Trinajstić information content (AvgIpc) is 2.22. The van der Waals surface area contributed by atoms with E-state index in [2.05, 4.69) is 21.2 Å². The summed E-state index contributed by atoms with van der Waals surface area (Å²) in [6.07, 6.45) is -0.440.